The van der Waals surface area contributed by atoms with Crippen LogP contribution in [0.2, 0.25) is 0 Å². The number of hydrogen-bond donors (Lipinski definition) is 3. The second-order valence-electron chi connectivity index (χ2n) is 8.77. The average molecular weight is 409 g/mol. The lowest BCUT2D eigenvalue weighted by Crippen LogP contribution is -3.13. The lowest BCUT2D eigenvalue weighted by Gasteiger charge is -2.19. The molecule has 1 unspecified atom stereocenters. The molecule has 3 rings (SSSR count). The second-order valence-corrected chi connectivity index (χ2v) is 8.77. The van der Waals surface area contributed by atoms with Crippen molar-refractivity contribution in [3.63, 3.8) is 0 Å². The number of aryl methyl sites for hydroxylation is 2. The van der Waals surface area contributed by atoms with Crippen LogP contribution in [0.15, 0.2) is 42.5 Å². The number of anilines is 1. The van der Waals surface area contributed by atoms with Crippen LogP contribution in [0.5, 0.6) is 0 Å². The Kier molecular flexibility index (Phi) is 7.27. The fourth-order valence-electron chi connectivity index (χ4n) is 3.77. The quantitative estimate of drug-likeness (QED) is 0.597. The van der Waals surface area contributed by atoms with E-state index in [1.807, 2.05) is 32.0 Å². The molecule has 0 saturated heterocycles. The number of amides is 2. The molecule has 2 amide bonds. The Hall–Kier alpha value is -2.66. The van der Waals surface area contributed by atoms with E-state index in [9.17, 15) is 9.59 Å². The molecule has 0 aromatic heterocycles. The van der Waals surface area contributed by atoms with Gasteiger partial charge in [-0.1, -0.05) is 56.3 Å². The third-order valence-corrected chi connectivity index (χ3v) is 5.81. The molecule has 2 aromatic rings. The number of carbonyl (C=O) groups is 2. The fraction of sp³-hybridized carbons (Fsp3) is 0.440. The first-order chi connectivity index (χ1) is 14.3. The van der Waals surface area contributed by atoms with E-state index in [0.29, 0.717) is 18.5 Å². The number of nitrogens with one attached hydrogen (secondary N) is 3. The van der Waals surface area contributed by atoms with Crippen LogP contribution in [0.25, 0.3) is 0 Å². The summed E-state index contributed by atoms with van der Waals surface area (Å²) in [6, 6.07) is 15.2. The zero-order valence-electron chi connectivity index (χ0n) is 18.5. The predicted octanol–water partition coefficient (Wildman–Crippen LogP) is 2.73. The molecule has 1 saturated carbocycles. The molecule has 1 atom stereocenters. The molecule has 0 heterocycles. The summed E-state index contributed by atoms with van der Waals surface area (Å²) in [6.45, 7) is 9.54. The Morgan fingerprint density at radius 2 is 1.63 bits per heavy atom. The van der Waals surface area contributed by atoms with E-state index in [2.05, 4.69) is 48.7 Å². The Bertz CT molecular complexity index is 866. The first kappa shape index (κ1) is 22.0. The minimum absolute atomic E-state index is 0.00631. The van der Waals surface area contributed by atoms with Gasteiger partial charge in [0.1, 0.15) is 6.54 Å². The molecule has 0 spiro atoms. The third-order valence-electron chi connectivity index (χ3n) is 5.81. The minimum Gasteiger partial charge on any atom is -0.342 e. The highest BCUT2D eigenvalue weighted by atomic mass is 16.2. The maximum Gasteiger partial charge on any atom is 0.275 e. The van der Waals surface area contributed by atoms with E-state index in [0.717, 1.165) is 23.4 Å². The van der Waals surface area contributed by atoms with Crippen LogP contribution in [0.4, 0.5) is 5.69 Å². The topological polar surface area (TPSA) is 62.6 Å². The van der Waals surface area contributed by atoms with Crippen molar-refractivity contribution in [2.24, 2.45) is 0 Å². The maximum absolute atomic E-state index is 12.5. The van der Waals surface area contributed by atoms with E-state index < -0.39 is 0 Å². The molecule has 1 fully saturated rings. The highest BCUT2D eigenvalue weighted by Crippen LogP contribution is 2.19. The van der Waals surface area contributed by atoms with Gasteiger partial charge in [-0.05, 0) is 36.5 Å². The summed E-state index contributed by atoms with van der Waals surface area (Å²) >= 11 is 0. The highest BCUT2D eigenvalue weighted by molar-refractivity contribution is 5.95. The molecule has 5 heteroatoms. The van der Waals surface area contributed by atoms with Crippen molar-refractivity contribution in [1.29, 1.82) is 0 Å². The molecular formula is C25H34N3O2+. The van der Waals surface area contributed by atoms with Crippen LogP contribution in [0.1, 0.15) is 54.9 Å². The van der Waals surface area contributed by atoms with E-state index in [1.165, 1.54) is 28.9 Å². The van der Waals surface area contributed by atoms with Gasteiger partial charge in [0.15, 0.2) is 6.54 Å². The third kappa shape index (κ3) is 6.17. The first-order valence-corrected chi connectivity index (χ1v) is 10.9. The molecule has 1 aliphatic carbocycles. The Morgan fingerprint density at radius 1 is 1.00 bits per heavy atom. The maximum atomic E-state index is 12.5. The van der Waals surface area contributed by atoms with Crippen LogP contribution < -0.4 is 15.5 Å². The monoisotopic (exact) mass is 408 g/mol. The number of benzene rings is 2. The largest absolute Gasteiger partial charge is 0.342 e. The standard InChI is InChI=1S/C25H33N3O2/c1-17(2)21-10-8-20(9-11-21)15-28(22-12-13-22)16-24(30)26-14-23(29)27-25-18(3)6-5-7-19(25)4/h5-11,17,22H,12-16H2,1-4H3,(H,26,30)(H,27,29)/p+1. The zero-order valence-corrected chi connectivity index (χ0v) is 18.5. The van der Waals surface area contributed by atoms with Gasteiger partial charge in [-0.25, -0.2) is 0 Å². The summed E-state index contributed by atoms with van der Waals surface area (Å²) in [7, 11) is 0. The van der Waals surface area contributed by atoms with Gasteiger partial charge in [0.25, 0.3) is 5.91 Å². The number of hydrogen-bond acceptors (Lipinski definition) is 2. The summed E-state index contributed by atoms with van der Waals surface area (Å²) in [4.78, 5) is 26.1. The SMILES string of the molecule is Cc1cccc(C)c1NC(=O)CNC(=O)C[NH+](Cc1ccc(C(C)C)cc1)C1CC1. The van der Waals surface area contributed by atoms with E-state index in [1.54, 1.807) is 0 Å². The first-order valence-electron chi connectivity index (χ1n) is 10.9. The van der Waals surface area contributed by atoms with Gasteiger partial charge in [0.05, 0.1) is 12.6 Å². The van der Waals surface area contributed by atoms with Crippen molar-refractivity contribution in [1.82, 2.24) is 5.32 Å². The van der Waals surface area contributed by atoms with Crippen molar-refractivity contribution < 1.29 is 14.5 Å². The number of para-hydroxylation sites is 1. The Labute approximate surface area is 179 Å². The van der Waals surface area contributed by atoms with Crippen molar-refractivity contribution in [3.8, 4) is 0 Å². The highest BCUT2D eigenvalue weighted by Gasteiger charge is 2.34. The van der Waals surface area contributed by atoms with Crippen LogP contribution >= 0.6 is 0 Å². The van der Waals surface area contributed by atoms with E-state index in [-0.39, 0.29) is 18.4 Å². The van der Waals surface area contributed by atoms with E-state index in [4.69, 9.17) is 0 Å². The van der Waals surface area contributed by atoms with Crippen molar-refractivity contribution in [3.05, 3.63) is 64.7 Å². The van der Waals surface area contributed by atoms with Gasteiger partial charge < -0.3 is 15.5 Å². The van der Waals surface area contributed by atoms with Gasteiger partial charge in [-0.3, -0.25) is 9.59 Å². The molecule has 0 bridgehead atoms. The lowest BCUT2D eigenvalue weighted by molar-refractivity contribution is -0.917. The van der Waals surface area contributed by atoms with E-state index >= 15 is 0 Å². The van der Waals surface area contributed by atoms with Crippen molar-refractivity contribution in [2.45, 2.75) is 59.0 Å². The molecule has 160 valence electrons. The van der Waals surface area contributed by atoms with Crippen molar-refractivity contribution in [2.75, 3.05) is 18.4 Å². The zero-order chi connectivity index (χ0) is 21.7. The Balaban J connectivity index is 1.50. The van der Waals surface area contributed by atoms with Crippen molar-refractivity contribution >= 4 is 17.5 Å². The van der Waals surface area contributed by atoms with Crippen LogP contribution in [-0.2, 0) is 16.1 Å². The molecule has 1 aliphatic rings. The molecule has 2 aromatic carbocycles. The minimum atomic E-state index is -0.196. The van der Waals surface area contributed by atoms with Gasteiger partial charge in [0, 0.05) is 24.1 Å². The van der Waals surface area contributed by atoms with Crippen LogP contribution in [-0.4, -0.2) is 30.9 Å². The van der Waals surface area contributed by atoms with Crippen LogP contribution in [0, 0.1) is 13.8 Å². The Morgan fingerprint density at radius 3 is 2.20 bits per heavy atom. The van der Waals surface area contributed by atoms with Gasteiger partial charge in [-0.2, -0.15) is 0 Å². The smallest absolute Gasteiger partial charge is 0.275 e. The summed E-state index contributed by atoms with van der Waals surface area (Å²) < 4.78 is 0. The fourth-order valence-corrected chi connectivity index (χ4v) is 3.77. The summed E-state index contributed by atoms with van der Waals surface area (Å²) in [5, 5.41) is 5.71. The van der Waals surface area contributed by atoms with Gasteiger partial charge in [0.2, 0.25) is 5.91 Å². The summed E-state index contributed by atoms with van der Waals surface area (Å²) in [6.07, 6.45) is 2.33. The normalized spacial score (nSPS) is 14.4. The molecule has 0 radical (unpaired) electrons. The summed E-state index contributed by atoms with van der Waals surface area (Å²) in [5.74, 6) is 0.247. The molecular weight excluding hydrogens is 374 g/mol. The number of rotatable bonds is 9. The summed E-state index contributed by atoms with van der Waals surface area (Å²) in [5.41, 5.74) is 5.44. The van der Waals surface area contributed by atoms with Gasteiger partial charge >= 0.3 is 0 Å². The van der Waals surface area contributed by atoms with Gasteiger partial charge in [-0.15, -0.1) is 0 Å². The van der Waals surface area contributed by atoms with Crippen LogP contribution in [0.3, 0.4) is 0 Å². The molecule has 0 aliphatic heterocycles. The second kappa shape index (κ2) is 9.90. The number of quaternary nitrogens is 1. The number of carbonyl (C=O) groups excluding carboxylic acids is 2. The molecule has 5 nitrogen and oxygen atoms in total. The average Bonchev–Trinajstić information content (AvgIpc) is 3.54. The molecule has 3 N–H and O–H groups in total. The molecule has 30 heavy (non-hydrogen) atoms. The lowest BCUT2D eigenvalue weighted by atomic mass is 10.0. The predicted molar refractivity (Wildman–Crippen MR) is 121 cm³/mol.